The summed E-state index contributed by atoms with van der Waals surface area (Å²) in [5.41, 5.74) is -0.665. The summed E-state index contributed by atoms with van der Waals surface area (Å²) in [6, 6.07) is 2.63. The van der Waals surface area contributed by atoms with E-state index < -0.39 is 32.4 Å². The molecule has 2 nitrogen and oxygen atoms in total. The molecule has 22 heavy (non-hydrogen) atoms. The minimum atomic E-state index is -1.19. The van der Waals surface area contributed by atoms with Crippen LogP contribution in [0, 0.1) is 11.6 Å². The van der Waals surface area contributed by atoms with Crippen molar-refractivity contribution >= 4 is 81.0 Å². The van der Waals surface area contributed by atoms with E-state index in [1.165, 1.54) is 12.1 Å². The molecule has 0 saturated carbocycles. The van der Waals surface area contributed by atoms with E-state index in [1.54, 1.807) is 0 Å². The summed E-state index contributed by atoms with van der Waals surface area (Å²) in [5, 5.41) is 5.83. The molecular formula is C12H2Cl6F2N2. The third-order valence-corrected chi connectivity index (χ3v) is 4.90. The third kappa shape index (κ3) is 3.42. The lowest BCUT2D eigenvalue weighted by molar-refractivity contribution is 0.586. The molecule has 0 heterocycles. The summed E-state index contributed by atoms with van der Waals surface area (Å²) < 4.78 is 27.8. The Labute approximate surface area is 153 Å². The van der Waals surface area contributed by atoms with Gasteiger partial charge in [0.25, 0.3) is 0 Å². The zero-order valence-electron chi connectivity index (χ0n) is 10.1. The summed E-state index contributed by atoms with van der Waals surface area (Å²) in [5.74, 6) is -2.38. The van der Waals surface area contributed by atoms with Crippen molar-refractivity contribution in [1.82, 2.24) is 0 Å². The van der Waals surface area contributed by atoms with Gasteiger partial charge in [0.05, 0.1) is 35.8 Å². The highest BCUT2D eigenvalue weighted by Crippen LogP contribution is 2.41. The zero-order chi connectivity index (χ0) is 16.6. The van der Waals surface area contributed by atoms with Gasteiger partial charge in [0, 0.05) is 0 Å². The molecule has 0 amide bonds. The summed E-state index contributed by atoms with van der Waals surface area (Å²) >= 11 is 34.1. The van der Waals surface area contributed by atoms with Crippen LogP contribution in [-0.4, -0.2) is 0 Å². The van der Waals surface area contributed by atoms with Crippen LogP contribution in [0.25, 0.3) is 0 Å². The van der Waals surface area contributed by atoms with Gasteiger partial charge in [-0.25, -0.2) is 8.78 Å². The number of halogens is 8. The molecule has 2 rings (SSSR count). The van der Waals surface area contributed by atoms with Crippen molar-refractivity contribution in [3.63, 3.8) is 0 Å². The Hall–Kier alpha value is -0.360. The van der Waals surface area contributed by atoms with Crippen molar-refractivity contribution in [3.05, 3.63) is 53.9 Å². The lowest BCUT2D eigenvalue weighted by Gasteiger charge is -2.06. The Kier molecular flexibility index (Phi) is 5.75. The molecule has 0 radical (unpaired) electrons. The average Bonchev–Trinajstić information content (AvgIpc) is 2.48. The molecule has 0 N–H and O–H groups in total. The highest BCUT2D eigenvalue weighted by atomic mass is 35.5. The normalized spacial score (nSPS) is 11.5. The Bertz CT molecular complexity index is 742. The van der Waals surface area contributed by atoms with Crippen LogP contribution in [0.5, 0.6) is 0 Å². The van der Waals surface area contributed by atoms with Gasteiger partial charge in [-0.3, -0.25) is 0 Å². The maximum absolute atomic E-state index is 13.9. The molecule has 0 aromatic heterocycles. The molecule has 2 aromatic carbocycles. The Morgan fingerprint density at radius 1 is 0.636 bits per heavy atom. The smallest absolute Gasteiger partial charge is 0.173 e. The van der Waals surface area contributed by atoms with E-state index in [-0.39, 0.29) is 20.8 Å². The van der Waals surface area contributed by atoms with Crippen LogP contribution in [0.15, 0.2) is 22.4 Å². The second kappa shape index (κ2) is 7.04. The number of hydrogen-bond acceptors (Lipinski definition) is 2. The zero-order valence-corrected chi connectivity index (χ0v) is 14.6. The summed E-state index contributed by atoms with van der Waals surface area (Å²) in [4.78, 5) is 0. The molecule has 116 valence electrons. The van der Waals surface area contributed by atoms with Gasteiger partial charge in [-0.05, 0) is 12.1 Å². The van der Waals surface area contributed by atoms with Crippen molar-refractivity contribution in [2.24, 2.45) is 10.2 Å². The van der Waals surface area contributed by atoms with Crippen LogP contribution in [-0.2, 0) is 0 Å². The van der Waals surface area contributed by atoms with E-state index in [0.717, 1.165) is 0 Å². The number of benzene rings is 2. The van der Waals surface area contributed by atoms with E-state index in [9.17, 15) is 8.78 Å². The van der Waals surface area contributed by atoms with E-state index >= 15 is 0 Å². The maximum Gasteiger partial charge on any atom is 0.173 e. The van der Waals surface area contributed by atoms with E-state index in [2.05, 4.69) is 10.2 Å². The second-order valence-corrected chi connectivity index (χ2v) is 6.17. The second-order valence-electron chi connectivity index (χ2n) is 3.84. The maximum atomic E-state index is 13.9. The van der Waals surface area contributed by atoms with Crippen LogP contribution in [0.3, 0.4) is 0 Å². The Balaban J connectivity index is 2.52. The van der Waals surface area contributed by atoms with Gasteiger partial charge in [-0.1, -0.05) is 69.6 Å². The minimum Gasteiger partial charge on any atom is -0.203 e. The van der Waals surface area contributed by atoms with Gasteiger partial charge in [-0.2, -0.15) is 5.11 Å². The minimum absolute atomic E-state index is 0.108. The number of nitrogens with zero attached hydrogens (tertiary/aromatic N) is 2. The Morgan fingerprint density at radius 3 is 1.55 bits per heavy atom. The summed E-state index contributed by atoms with van der Waals surface area (Å²) in [6.07, 6.45) is 0. The van der Waals surface area contributed by atoms with E-state index in [1.807, 2.05) is 0 Å². The van der Waals surface area contributed by atoms with Crippen LogP contribution >= 0.6 is 69.6 Å². The fourth-order valence-electron chi connectivity index (χ4n) is 1.39. The molecule has 0 saturated heterocycles. The van der Waals surface area contributed by atoms with Gasteiger partial charge >= 0.3 is 0 Å². The number of hydrogen-bond donors (Lipinski definition) is 0. The first kappa shape index (κ1) is 18.0. The molecule has 0 fully saturated rings. The predicted octanol–water partition coefficient (Wildman–Crippen LogP) is 8.30. The van der Waals surface area contributed by atoms with Gasteiger partial charge in [0.2, 0.25) is 0 Å². The molecule has 0 spiro atoms. The van der Waals surface area contributed by atoms with Crippen LogP contribution < -0.4 is 0 Å². The summed E-state index contributed by atoms with van der Waals surface area (Å²) in [7, 11) is 0. The molecule has 0 bridgehead atoms. The van der Waals surface area contributed by atoms with Crippen LogP contribution in [0.1, 0.15) is 0 Å². The van der Waals surface area contributed by atoms with Crippen molar-refractivity contribution < 1.29 is 8.78 Å². The third-order valence-electron chi connectivity index (χ3n) is 2.42. The molecule has 0 aliphatic heterocycles. The molecule has 2 aromatic rings. The van der Waals surface area contributed by atoms with Gasteiger partial charge in [-0.15, -0.1) is 5.11 Å². The van der Waals surface area contributed by atoms with Crippen molar-refractivity contribution in [2.45, 2.75) is 0 Å². The lowest BCUT2D eigenvalue weighted by Crippen LogP contribution is -1.88. The van der Waals surface area contributed by atoms with E-state index in [0.29, 0.717) is 0 Å². The number of azo groups is 1. The quantitative estimate of drug-likeness (QED) is 0.263. The fraction of sp³-hybridized carbons (Fsp3) is 0. The molecular weight excluding hydrogens is 423 g/mol. The van der Waals surface area contributed by atoms with Crippen molar-refractivity contribution in [2.75, 3.05) is 0 Å². The van der Waals surface area contributed by atoms with Crippen LogP contribution in [0.4, 0.5) is 20.2 Å². The predicted molar refractivity (Wildman–Crippen MR) is 87.0 cm³/mol. The lowest BCUT2D eigenvalue weighted by atomic mass is 10.3. The topological polar surface area (TPSA) is 24.7 Å². The Morgan fingerprint density at radius 2 is 1.09 bits per heavy atom. The molecule has 0 aliphatic carbocycles. The fourth-order valence-corrected chi connectivity index (χ4v) is 2.56. The molecule has 10 heteroatoms. The monoisotopic (exact) mass is 422 g/mol. The van der Waals surface area contributed by atoms with Crippen LogP contribution in [0.2, 0.25) is 30.1 Å². The van der Waals surface area contributed by atoms with Crippen molar-refractivity contribution in [3.8, 4) is 0 Å². The average molecular weight is 425 g/mol. The standard InChI is InChI=1S/C12H2Cl6F2N2/c13-4-1-3(2-5(14)6(4)15)21-22-12-10(19)8(17)7(16)9(18)11(12)20/h1-2H. The molecule has 0 aliphatic rings. The first-order chi connectivity index (χ1) is 10.2. The van der Waals surface area contributed by atoms with Crippen molar-refractivity contribution in [1.29, 1.82) is 0 Å². The molecule has 0 atom stereocenters. The first-order valence-electron chi connectivity index (χ1n) is 5.31. The van der Waals surface area contributed by atoms with Gasteiger partial charge < -0.3 is 0 Å². The largest absolute Gasteiger partial charge is 0.203 e. The van der Waals surface area contributed by atoms with Gasteiger partial charge in [0.1, 0.15) is 0 Å². The highest BCUT2D eigenvalue weighted by Gasteiger charge is 2.22. The first-order valence-corrected chi connectivity index (χ1v) is 7.58. The summed E-state index contributed by atoms with van der Waals surface area (Å²) in [6.45, 7) is 0. The SMILES string of the molecule is Fc1c(Cl)c(Cl)c(Cl)c(F)c1N=Nc1cc(Cl)c(Cl)c(Cl)c1. The number of rotatable bonds is 2. The highest BCUT2D eigenvalue weighted by molar-refractivity contribution is 6.49. The molecule has 0 unspecified atom stereocenters. The van der Waals surface area contributed by atoms with Gasteiger partial charge in [0.15, 0.2) is 17.3 Å². The van der Waals surface area contributed by atoms with E-state index in [4.69, 9.17) is 69.6 Å².